The molecular formula is C21H26BrN5O5S. The lowest BCUT2D eigenvalue weighted by molar-refractivity contribution is -0.142. The van der Waals surface area contributed by atoms with Crippen molar-refractivity contribution in [1.29, 1.82) is 0 Å². The second kappa shape index (κ2) is 10.1. The third-order valence-electron chi connectivity index (χ3n) is 5.86. The van der Waals surface area contributed by atoms with E-state index < -0.39 is 10.6 Å². The second-order valence-corrected chi connectivity index (χ2v) is 10.4. The van der Waals surface area contributed by atoms with Crippen molar-refractivity contribution in [2.75, 3.05) is 60.0 Å². The van der Waals surface area contributed by atoms with Crippen molar-refractivity contribution < 1.29 is 23.9 Å². The third-order valence-corrected chi connectivity index (χ3v) is 7.77. The average molecular weight is 540 g/mol. The number of rotatable bonds is 5. The Balaban J connectivity index is 1.44. The van der Waals surface area contributed by atoms with E-state index in [1.165, 1.54) is 0 Å². The topological polar surface area (TPSA) is 112 Å². The number of ether oxygens (including phenoxy) is 1. The number of halogens is 1. The first-order valence-corrected chi connectivity index (χ1v) is 12.6. The molecule has 178 valence electrons. The van der Waals surface area contributed by atoms with E-state index in [9.17, 15) is 19.2 Å². The van der Waals surface area contributed by atoms with Crippen LogP contribution in [0.1, 0.15) is 42.8 Å². The molecule has 0 saturated carbocycles. The number of nitrogens with zero attached hydrogens (tertiary/aromatic N) is 5. The van der Waals surface area contributed by atoms with Crippen LogP contribution >= 0.6 is 27.3 Å². The Hall–Kier alpha value is -2.02. The van der Waals surface area contributed by atoms with Gasteiger partial charge in [-0.05, 0) is 26.9 Å². The molecule has 0 bridgehead atoms. The van der Waals surface area contributed by atoms with Crippen molar-refractivity contribution in [2.24, 2.45) is 4.99 Å². The predicted octanol–water partition coefficient (Wildman–Crippen LogP) is 0.752. The smallest absolute Gasteiger partial charge is 0.282 e. The Kier molecular flexibility index (Phi) is 7.37. The molecule has 2 fully saturated rings. The second-order valence-electron chi connectivity index (χ2n) is 8.44. The number of ketones is 2. The van der Waals surface area contributed by atoms with Crippen molar-refractivity contribution >= 4 is 56.4 Å². The summed E-state index contributed by atoms with van der Waals surface area (Å²) in [6.45, 7) is 3.18. The number of hydrogen-bond donors (Lipinski definition) is 0. The fourth-order valence-corrected chi connectivity index (χ4v) is 5.71. The molecule has 2 saturated heterocycles. The minimum atomic E-state index is -0.838. The van der Waals surface area contributed by atoms with E-state index in [4.69, 9.17) is 4.74 Å². The Bertz CT molecular complexity index is 995. The van der Waals surface area contributed by atoms with Gasteiger partial charge < -0.3 is 19.4 Å². The summed E-state index contributed by atoms with van der Waals surface area (Å²) >= 11 is 4.23. The van der Waals surface area contributed by atoms with Crippen molar-refractivity contribution in [1.82, 2.24) is 19.7 Å². The monoisotopic (exact) mass is 539 g/mol. The first kappa shape index (κ1) is 24.1. The molecule has 1 aromatic heterocycles. The van der Waals surface area contributed by atoms with E-state index in [1.54, 1.807) is 9.80 Å². The molecule has 2 unspecified atom stereocenters. The van der Waals surface area contributed by atoms with E-state index in [2.05, 4.69) is 25.9 Å². The lowest BCUT2D eigenvalue weighted by atomic mass is 9.98. The first-order chi connectivity index (χ1) is 15.8. The molecule has 0 N–H and O–H groups in total. The van der Waals surface area contributed by atoms with E-state index in [1.807, 2.05) is 19.0 Å². The molecule has 12 heteroatoms. The molecule has 1 aromatic rings. The summed E-state index contributed by atoms with van der Waals surface area (Å²) in [5, 5.41) is 0.106. The van der Waals surface area contributed by atoms with E-state index in [0.717, 1.165) is 24.2 Å². The normalized spacial score (nSPS) is 24.7. The first-order valence-electron chi connectivity index (χ1n) is 10.9. The minimum absolute atomic E-state index is 0.000140. The number of alkyl halides is 1. The number of hydrogen-bond acceptors (Lipinski definition) is 9. The van der Waals surface area contributed by atoms with Crippen LogP contribution < -0.4 is 0 Å². The molecule has 33 heavy (non-hydrogen) atoms. The van der Waals surface area contributed by atoms with Crippen LogP contribution in [0.5, 0.6) is 0 Å². The zero-order chi connectivity index (χ0) is 23.7. The van der Waals surface area contributed by atoms with Crippen LogP contribution in [-0.4, -0.2) is 120 Å². The number of aromatic nitrogens is 1. The third kappa shape index (κ3) is 4.93. The van der Waals surface area contributed by atoms with Crippen molar-refractivity contribution in [3.8, 4) is 0 Å². The number of carbonyl (C=O) groups excluding carboxylic acids is 4. The minimum Gasteiger partial charge on any atom is -0.368 e. The average Bonchev–Trinajstić information content (AvgIpc) is 3.49. The molecule has 0 aromatic carbocycles. The maximum Gasteiger partial charge on any atom is 0.282 e. The molecule has 3 heterocycles. The molecule has 2 aliphatic heterocycles. The van der Waals surface area contributed by atoms with Gasteiger partial charge in [0.1, 0.15) is 27.2 Å². The fraction of sp³-hybridized carbons (Fsp3) is 0.619. The Morgan fingerprint density at radius 1 is 1.21 bits per heavy atom. The summed E-state index contributed by atoms with van der Waals surface area (Å²) in [6.07, 6.45) is 1.25. The van der Waals surface area contributed by atoms with Crippen LogP contribution in [0, 0.1) is 0 Å². The number of aliphatic imine (C=N–C) groups is 1. The highest BCUT2D eigenvalue weighted by Crippen LogP contribution is 2.30. The fourth-order valence-electron chi connectivity index (χ4n) is 3.97. The van der Waals surface area contributed by atoms with Crippen LogP contribution in [0.15, 0.2) is 4.99 Å². The van der Waals surface area contributed by atoms with Gasteiger partial charge in [-0.25, -0.2) is 4.98 Å². The number of Topliss-reactive ketones (excluding diaryl/α,β-unsaturated/α-hetero) is 2. The maximum absolute atomic E-state index is 13.0. The number of amides is 2. The van der Waals surface area contributed by atoms with Gasteiger partial charge in [0.25, 0.3) is 11.8 Å². The van der Waals surface area contributed by atoms with Crippen molar-refractivity contribution in [2.45, 2.75) is 23.8 Å². The lowest BCUT2D eigenvalue weighted by Gasteiger charge is -2.35. The summed E-state index contributed by atoms with van der Waals surface area (Å²) in [6, 6.07) is 0. The van der Waals surface area contributed by atoms with Gasteiger partial charge in [0.2, 0.25) is 5.78 Å². The molecular weight excluding hydrogens is 514 g/mol. The van der Waals surface area contributed by atoms with Crippen molar-refractivity contribution in [3.05, 3.63) is 15.6 Å². The van der Waals surface area contributed by atoms with Crippen LogP contribution in [-0.2, 0) is 9.53 Å². The maximum atomic E-state index is 13.0. The number of carbonyl (C=O) groups is 4. The summed E-state index contributed by atoms with van der Waals surface area (Å²) in [7, 11) is 3.79. The lowest BCUT2D eigenvalue weighted by Crippen LogP contribution is -2.52. The molecule has 0 spiro atoms. The van der Waals surface area contributed by atoms with E-state index >= 15 is 0 Å². The predicted molar refractivity (Wildman–Crippen MR) is 126 cm³/mol. The number of piperazine rings is 1. The summed E-state index contributed by atoms with van der Waals surface area (Å²) in [4.78, 5) is 64.5. The SMILES string of the molecule is CN(C)CCN=C1C(=O)c2nc(C(=O)N3CCN(C(=O)C4CCCO4)CC3)sc2C(=O)C1Br. The van der Waals surface area contributed by atoms with Gasteiger partial charge in [-0.2, -0.15) is 0 Å². The number of thiazole rings is 1. The number of fused-ring (bicyclic) bond motifs is 1. The Morgan fingerprint density at radius 3 is 2.55 bits per heavy atom. The standard InChI is InChI=1S/C21H26BrN5O5S/c1-25(2)6-5-23-14-13(22)16(28)18-15(17(14)29)24-19(33-18)21(31)27-9-7-26(8-10-27)20(30)12-4-3-11-32-12/h12-13H,3-11H2,1-2H3. The highest BCUT2D eigenvalue weighted by molar-refractivity contribution is 9.10. The van der Waals surface area contributed by atoms with Crippen LogP contribution in [0.2, 0.25) is 0 Å². The molecule has 10 nitrogen and oxygen atoms in total. The Morgan fingerprint density at radius 2 is 1.91 bits per heavy atom. The summed E-state index contributed by atoms with van der Waals surface area (Å²) in [5.41, 5.74) is 0.125. The van der Waals surface area contributed by atoms with Crippen LogP contribution in [0.25, 0.3) is 0 Å². The summed E-state index contributed by atoms with van der Waals surface area (Å²) in [5.74, 6) is -1.09. The summed E-state index contributed by atoms with van der Waals surface area (Å²) < 4.78 is 5.47. The zero-order valence-corrected chi connectivity index (χ0v) is 21.0. The van der Waals surface area contributed by atoms with E-state index in [-0.39, 0.29) is 45.0 Å². The largest absolute Gasteiger partial charge is 0.368 e. The quantitative estimate of drug-likeness (QED) is 0.507. The van der Waals surface area contributed by atoms with Crippen LogP contribution in [0.3, 0.4) is 0 Å². The Labute approximate surface area is 204 Å². The van der Waals surface area contributed by atoms with Gasteiger partial charge >= 0.3 is 0 Å². The van der Waals surface area contributed by atoms with Gasteiger partial charge in [-0.15, -0.1) is 11.3 Å². The van der Waals surface area contributed by atoms with Gasteiger partial charge in [-0.3, -0.25) is 24.2 Å². The van der Waals surface area contributed by atoms with Gasteiger partial charge in [0.15, 0.2) is 10.8 Å². The van der Waals surface area contributed by atoms with Gasteiger partial charge in [0.05, 0.1) is 6.54 Å². The zero-order valence-electron chi connectivity index (χ0n) is 18.6. The van der Waals surface area contributed by atoms with Gasteiger partial charge in [0, 0.05) is 39.3 Å². The molecule has 0 radical (unpaired) electrons. The van der Waals surface area contributed by atoms with Crippen molar-refractivity contribution in [3.63, 3.8) is 0 Å². The molecule has 1 aliphatic carbocycles. The van der Waals surface area contributed by atoms with E-state index in [0.29, 0.717) is 45.9 Å². The molecule has 3 aliphatic rings. The molecule has 2 atom stereocenters. The highest BCUT2D eigenvalue weighted by atomic mass is 79.9. The van der Waals surface area contributed by atoms with Crippen LogP contribution in [0.4, 0.5) is 0 Å². The number of likely N-dealkylation sites (N-methyl/N-ethyl adjacent to an activating group) is 1. The molecule has 2 amide bonds. The highest BCUT2D eigenvalue weighted by Gasteiger charge is 2.41. The molecule has 4 rings (SSSR count). The van der Waals surface area contributed by atoms with Gasteiger partial charge in [-0.1, -0.05) is 15.9 Å².